The highest BCUT2D eigenvalue weighted by Crippen LogP contribution is 2.41. The number of piperazine rings is 1. The van der Waals surface area contributed by atoms with Crippen molar-refractivity contribution < 1.29 is 19.6 Å². The monoisotopic (exact) mass is 400 g/mol. The Morgan fingerprint density at radius 2 is 1.97 bits per heavy atom. The second kappa shape index (κ2) is 6.45. The molecule has 2 aliphatic heterocycles. The molecule has 1 aliphatic carbocycles. The van der Waals surface area contributed by atoms with E-state index in [-0.39, 0.29) is 28.9 Å². The molecule has 1 saturated carbocycles. The van der Waals surface area contributed by atoms with Crippen LogP contribution in [-0.4, -0.2) is 57.9 Å². The van der Waals surface area contributed by atoms with Gasteiger partial charge in [0.1, 0.15) is 5.69 Å². The van der Waals surface area contributed by atoms with E-state index >= 15 is 0 Å². The van der Waals surface area contributed by atoms with Crippen molar-refractivity contribution in [2.75, 3.05) is 31.1 Å². The third-order valence-corrected chi connectivity index (χ3v) is 6.08. The van der Waals surface area contributed by atoms with Crippen LogP contribution in [0.5, 0.6) is 5.75 Å². The van der Waals surface area contributed by atoms with Gasteiger partial charge in [0, 0.05) is 44.3 Å². The fourth-order valence-electron chi connectivity index (χ4n) is 4.56. The first kappa shape index (κ1) is 17.9. The van der Waals surface area contributed by atoms with Gasteiger partial charge in [-0.15, -0.1) is 0 Å². The number of fused-ring (bicyclic) bond motifs is 3. The minimum absolute atomic E-state index is 0.108. The lowest BCUT2D eigenvalue weighted by Gasteiger charge is -2.36. The first-order valence-corrected chi connectivity index (χ1v) is 9.69. The quantitative estimate of drug-likeness (QED) is 0.471. The lowest BCUT2D eigenvalue weighted by atomic mass is 10.1. The Labute approximate surface area is 165 Å². The SMILES string of the molecule is O=C(O)Oc1cn(C2CC2)c2cc(N3CCN4CCC3C4)c([N+](=O)[O-])cc2c1=O. The van der Waals surface area contributed by atoms with Crippen LogP contribution in [-0.2, 0) is 0 Å². The smallest absolute Gasteiger partial charge is 0.449 e. The molecule has 2 bridgehead atoms. The van der Waals surface area contributed by atoms with Crippen LogP contribution in [0.4, 0.5) is 16.2 Å². The molecule has 3 aliphatic rings. The number of hydrogen-bond donors (Lipinski definition) is 1. The van der Waals surface area contributed by atoms with E-state index in [2.05, 4.69) is 14.5 Å². The van der Waals surface area contributed by atoms with E-state index in [4.69, 9.17) is 5.11 Å². The molecule has 2 aromatic rings. The topological polar surface area (TPSA) is 118 Å². The number of nitro groups is 1. The van der Waals surface area contributed by atoms with Crippen LogP contribution < -0.4 is 15.1 Å². The number of nitrogens with zero attached hydrogens (tertiary/aromatic N) is 4. The lowest BCUT2D eigenvalue weighted by molar-refractivity contribution is -0.384. The molecule has 10 heteroatoms. The Morgan fingerprint density at radius 1 is 1.17 bits per heavy atom. The number of carboxylic acid groups (broad SMARTS) is 1. The van der Waals surface area contributed by atoms with Gasteiger partial charge in [-0.2, -0.15) is 0 Å². The van der Waals surface area contributed by atoms with Crippen LogP contribution in [0.25, 0.3) is 10.9 Å². The number of carbonyl (C=O) groups is 1. The number of ether oxygens (including phenoxy) is 1. The normalized spacial score (nSPS) is 23.4. The largest absolute Gasteiger partial charge is 0.511 e. The summed E-state index contributed by atoms with van der Waals surface area (Å²) in [5.41, 5.74) is 0.315. The van der Waals surface area contributed by atoms with E-state index in [0.717, 1.165) is 38.9 Å². The molecule has 0 radical (unpaired) electrons. The van der Waals surface area contributed by atoms with Gasteiger partial charge in [-0.1, -0.05) is 0 Å². The zero-order chi connectivity index (χ0) is 20.3. The third kappa shape index (κ3) is 3.00. The highest BCUT2D eigenvalue weighted by Gasteiger charge is 2.36. The molecule has 29 heavy (non-hydrogen) atoms. The maximum atomic E-state index is 12.8. The fourth-order valence-corrected chi connectivity index (χ4v) is 4.56. The lowest BCUT2D eigenvalue weighted by Crippen LogP contribution is -2.47. The van der Waals surface area contributed by atoms with Gasteiger partial charge >= 0.3 is 6.16 Å². The first-order chi connectivity index (χ1) is 13.9. The second-order valence-corrected chi connectivity index (χ2v) is 7.88. The van der Waals surface area contributed by atoms with Crippen LogP contribution in [0.3, 0.4) is 0 Å². The molecule has 0 spiro atoms. The fraction of sp³-hybridized carbons (Fsp3) is 0.474. The molecule has 1 N–H and O–H groups in total. The molecule has 5 rings (SSSR count). The molecule has 3 heterocycles. The zero-order valence-electron chi connectivity index (χ0n) is 15.6. The maximum Gasteiger partial charge on any atom is 0.511 e. The first-order valence-electron chi connectivity index (χ1n) is 9.69. The average Bonchev–Trinajstić information content (AvgIpc) is 3.46. The van der Waals surface area contributed by atoms with Crippen LogP contribution >= 0.6 is 0 Å². The van der Waals surface area contributed by atoms with Gasteiger partial charge in [-0.05, 0) is 25.3 Å². The Kier molecular flexibility index (Phi) is 3.98. The number of aromatic nitrogens is 1. The predicted octanol–water partition coefficient (Wildman–Crippen LogP) is 2.20. The number of nitro benzene ring substituents is 1. The molecule has 152 valence electrons. The Hall–Kier alpha value is -3.14. The highest BCUT2D eigenvalue weighted by molar-refractivity contribution is 5.89. The minimum Gasteiger partial charge on any atom is -0.449 e. The minimum atomic E-state index is -1.59. The number of rotatable bonds is 4. The molecule has 10 nitrogen and oxygen atoms in total. The number of hydrogen-bond acceptors (Lipinski definition) is 7. The summed E-state index contributed by atoms with van der Waals surface area (Å²) in [4.78, 5) is 39.6. The van der Waals surface area contributed by atoms with Gasteiger partial charge in [-0.25, -0.2) is 4.79 Å². The summed E-state index contributed by atoms with van der Waals surface area (Å²) >= 11 is 0. The maximum absolute atomic E-state index is 12.8. The van der Waals surface area contributed by atoms with E-state index in [0.29, 0.717) is 17.7 Å². The molecule has 2 saturated heterocycles. The third-order valence-electron chi connectivity index (χ3n) is 6.08. The van der Waals surface area contributed by atoms with Crippen molar-refractivity contribution in [2.24, 2.45) is 0 Å². The average molecular weight is 400 g/mol. The summed E-state index contributed by atoms with van der Waals surface area (Å²) in [5, 5.41) is 20.9. The summed E-state index contributed by atoms with van der Waals surface area (Å²) in [6.45, 7) is 3.43. The van der Waals surface area contributed by atoms with Crippen molar-refractivity contribution in [3.63, 3.8) is 0 Å². The van der Waals surface area contributed by atoms with Crippen molar-refractivity contribution in [2.45, 2.75) is 31.3 Å². The summed E-state index contributed by atoms with van der Waals surface area (Å²) in [7, 11) is 0. The molecule has 2 atom stereocenters. The number of anilines is 1. The summed E-state index contributed by atoms with van der Waals surface area (Å²) in [5.74, 6) is -0.330. The molecular formula is C19H20N4O6. The van der Waals surface area contributed by atoms with Crippen LogP contribution in [0.1, 0.15) is 25.3 Å². The van der Waals surface area contributed by atoms with Crippen molar-refractivity contribution in [3.8, 4) is 5.75 Å². The Balaban J connectivity index is 1.73. The van der Waals surface area contributed by atoms with Crippen molar-refractivity contribution in [1.82, 2.24) is 9.47 Å². The van der Waals surface area contributed by atoms with E-state index in [1.165, 1.54) is 12.3 Å². The van der Waals surface area contributed by atoms with Crippen LogP contribution in [0.15, 0.2) is 23.1 Å². The molecule has 1 aromatic heterocycles. The molecular weight excluding hydrogens is 380 g/mol. The van der Waals surface area contributed by atoms with Gasteiger partial charge in [0.05, 0.1) is 22.0 Å². The van der Waals surface area contributed by atoms with E-state index < -0.39 is 16.5 Å². The van der Waals surface area contributed by atoms with Gasteiger partial charge in [0.25, 0.3) is 5.69 Å². The molecule has 1 aromatic carbocycles. The van der Waals surface area contributed by atoms with E-state index in [9.17, 15) is 19.7 Å². The van der Waals surface area contributed by atoms with Crippen LogP contribution in [0.2, 0.25) is 0 Å². The summed E-state index contributed by atoms with van der Waals surface area (Å²) < 4.78 is 6.48. The van der Waals surface area contributed by atoms with Gasteiger partial charge in [0.2, 0.25) is 5.43 Å². The summed E-state index contributed by atoms with van der Waals surface area (Å²) in [6, 6.07) is 3.36. The van der Waals surface area contributed by atoms with Gasteiger partial charge in [-0.3, -0.25) is 19.8 Å². The van der Waals surface area contributed by atoms with Crippen molar-refractivity contribution >= 4 is 28.4 Å². The van der Waals surface area contributed by atoms with Gasteiger partial charge < -0.3 is 19.3 Å². The van der Waals surface area contributed by atoms with Crippen molar-refractivity contribution in [3.05, 3.63) is 38.7 Å². The number of benzene rings is 1. The molecule has 3 fully saturated rings. The Bertz CT molecular complexity index is 1090. The van der Waals surface area contributed by atoms with Crippen molar-refractivity contribution in [1.29, 1.82) is 0 Å². The van der Waals surface area contributed by atoms with Gasteiger partial charge in [0.15, 0.2) is 5.75 Å². The van der Waals surface area contributed by atoms with E-state index in [1.807, 2.05) is 4.57 Å². The standard InChI is InChI=1S/C19H20N4O6/c24-18-13-7-16(23(27)28)15(21-6-5-20-4-3-12(21)9-20)8-14(13)22(11-1-2-11)10-17(18)29-19(25)26/h7-8,10-12H,1-6,9H2,(H,25,26). The zero-order valence-corrected chi connectivity index (χ0v) is 15.6. The van der Waals surface area contributed by atoms with Crippen LogP contribution in [0, 0.1) is 10.1 Å². The van der Waals surface area contributed by atoms with E-state index in [1.54, 1.807) is 6.07 Å². The summed E-state index contributed by atoms with van der Waals surface area (Å²) in [6.07, 6.45) is 2.58. The molecule has 2 unspecified atom stereocenters. The second-order valence-electron chi connectivity index (χ2n) is 7.88. The molecule has 0 amide bonds. The number of pyridine rings is 1. The predicted molar refractivity (Wildman–Crippen MR) is 104 cm³/mol. The highest BCUT2D eigenvalue weighted by atomic mass is 16.7. The Morgan fingerprint density at radius 3 is 2.66 bits per heavy atom.